The number of imide groups is 1. The van der Waals surface area contributed by atoms with Gasteiger partial charge in [0.1, 0.15) is 0 Å². The summed E-state index contributed by atoms with van der Waals surface area (Å²) in [4.78, 5) is 25.6. The highest BCUT2D eigenvalue weighted by Gasteiger charge is 2.70. The zero-order valence-electron chi connectivity index (χ0n) is 18.6. The second kappa shape index (κ2) is 9.58. The van der Waals surface area contributed by atoms with Gasteiger partial charge < -0.3 is 0 Å². The lowest BCUT2D eigenvalue weighted by Crippen LogP contribution is -2.55. The molecule has 182 valence electrons. The van der Waals surface area contributed by atoms with Gasteiger partial charge in [-0.05, 0) is 36.6 Å². The molecule has 2 rings (SSSR count). The molecule has 0 aromatic heterocycles. The number of amides is 3. The summed E-state index contributed by atoms with van der Waals surface area (Å²) >= 11 is 0. The third-order valence-electron chi connectivity index (χ3n) is 5.19. The Morgan fingerprint density at radius 3 is 2.30 bits per heavy atom. The van der Waals surface area contributed by atoms with Crippen LogP contribution in [0, 0.1) is 0 Å². The van der Waals surface area contributed by atoms with Crippen molar-refractivity contribution < 1.29 is 35.9 Å². The van der Waals surface area contributed by atoms with Gasteiger partial charge in [-0.25, -0.2) is 28.3 Å². The Hall–Kier alpha value is -2.82. The number of carbonyl (C=O) groups excluding carboxylic acids is 2. The molecular formula is C22H25F6N3O2. The first-order valence-electron chi connectivity index (χ1n) is 10.1. The van der Waals surface area contributed by atoms with Gasteiger partial charge in [-0.15, -0.1) is 0 Å². The minimum absolute atomic E-state index is 0.101. The fourth-order valence-electron chi connectivity index (χ4n) is 3.41. The second-order valence-electron chi connectivity index (χ2n) is 7.62. The summed E-state index contributed by atoms with van der Waals surface area (Å²) in [6.07, 6.45) is 0.309. The lowest BCUT2D eigenvalue weighted by Gasteiger charge is -2.37. The van der Waals surface area contributed by atoms with Gasteiger partial charge in [0, 0.05) is 26.0 Å². The Kier molecular flexibility index (Phi) is 7.67. The lowest BCUT2D eigenvalue weighted by molar-refractivity contribution is -0.304. The van der Waals surface area contributed by atoms with Gasteiger partial charge in [0.2, 0.25) is 5.91 Å². The fraction of sp³-hybridized carbons (Fsp3) is 0.455. The van der Waals surface area contributed by atoms with Crippen LogP contribution < -0.4 is 10.3 Å². The van der Waals surface area contributed by atoms with Crippen LogP contribution in [0.15, 0.2) is 42.0 Å². The summed E-state index contributed by atoms with van der Waals surface area (Å²) in [7, 11) is 0. The molecule has 1 aromatic rings. The minimum Gasteiger partial charge on any atom is -0.274 e. The number of urea groups is 1. The van der Waals surface area contributed by atoms with Crippen LogP contribution in [0.2, 0.25) is 0 Å². The van der Waals surface area contributed by atoms with Crippen LogP contribution in [0.25, 0.3) is 0 Å². The van der Waals surface area contributed by atoms with Crippen LogP contribution in [-0.2, 0) is 17.0 Å². The van der Waals surface area contributed by atoms with Crippen LogP contribution in [0.5, 0.6) is 0 Å². The molecule has 1 heterocycles. The van der Waals surface area contributed by atoms with E-state index in [-0.39, 0.29) is 31.3 Å². The number of carbonyl (C=O) groups is 2. The number of fused-ring (bicyclic) bond motifs is 1. The molecule has 1 aliphatic rings. The van der Waals surface area contributed by atoms with Crippen LogP contribution in [0.3, 0.4) is 0 Å². The summed E-state index contributed by atoms with van der Waals surface area (Å²) in [5, 5.41) is 0.967. The summed E-state index contributed by atoms with van der Waals surface area (Å²) in [6, 6.07) is 1.20. The van der Waals surface area contributed by atoms with Crippen molar-refractivity contribution in [1.82, 2.24) is 10.4 Å². The molecular weight excluding hydrogens is 452 g/mol. The van der Waals surface area contributed by atoms with Gasteiger partial charge in [0.05, 0.1) is 12.2 Å². The average molecular weight is 477 g/mol. The molecule has 1 aliphatic heterocycles. The topological polar surface area (TPSA) is 52.6 Å². The number of hydrogen-bond acceptors (Lipinski definition) is 3. The molecule has 11 heteroatoms. The highest BCUT2D eigenvalue weighted by atomic mass is 19.4. The van der Waals surface area contributed by atoms with Crippen molar-refractivity contribution >= 4 is 17.6 Å². The average Bonchev–Trinajstić information content (AvgIpc) is 2.71. The number of nitrogens with one attached hydrogen (secondary N) is 1. The Labute approximate surface area is 187 Å². The molecule has 1 N–H and O–H groups in total. The number of allylic oxidation sites excluding steroid dienone is 2. The minimum atomic E-state index is -5.91. The van der Waals surface area contributed by atoms with E-state index in [2.05, 4.69) is 5.43 Å². The van der Waals surface area contributed by atoms with Crippen molar-refractivity contribution in [2.45, 2.75) is 58.4 Å². The summed E-state index contributed by atoms with van der Waals surface area (Å²) < 4.78 is 82.8. The number of nitrogens with zero attached hydrogens (tertiary/aromatic N) is 2. The Morgan fingerprint density at radius 2 is 1.82 bits per heavy atom. The van der Waals surface area contributed by atoms with Gasteiger partial charge in [-0.2, -0.15) is 13.2 Å². The summed E-state index contributed by atoms with van der Waals surface area (Å²) in [5.41, 5.74) is -2.92. The maximum Gasteiger partial charge on any atom is 0.432 e. The first-order valence-corrected chi connectivity index (χ1v) is 10.1. The summed E-state index contributed by atoms with van der Waals surface area (Å²) in [6.45, 7) is 4.38. The molecule has 0 aliphatic carbocycles. The molecule has 0 fully saturated rings. The van der Waals surface area contributed by atoms with E-state index in [1.165, 1.54) is 0 Å². The van der Waals surface area contributed by atoms with Crippen molar-refractivity contribution in [3.05, 3.63) is 53.1 Å². The molecule has 0 radical (unpaired) electrons. The van der Waals surface area contributed by atoms with Crippen molar-refractivity contribution in [1.29, 1.82) is 0 Å². The van der Waals surface area contributed by atoms with Crippen LogP contribution in [0.4, 0.5) is 36.8 Å². The number of alkyl halides is 6. The number of anilines is 1. The fourth-order valence-corrected chi connectivity index (χ4v) is 3.41. The molecule has 0 saturated heterocycles. The molecule has 0 saturated carbocycles. The molecule has 0 spiro atoms. The summed E-state index contributed by atoms with van der Waals surface area (Å²) in [5.74, 6) is -5.53. The zero-order valence-corrected chi connectivity index (χ0v) is 18.6. The number of hydrogen-bond donors (Lipinski definition) is 1. The van der Waals surface area contributed by atoms with Crippen molar-refractivity contribution in [3.63, 3.8) is 0 Å². The molecule has 0 bridgehead atoms. The normalized spacial score (nSPS) is 17.4. The van der Waals surface area contributed by atoms with Crippen LogP contribution in [-0.4, -0.2) is 35.6 Å². The first kappa shape index (κ1) is 26.4. The molecule has 1 unspecified atom stereocenters. The second-order valence-corrected chi connectivity index (χ2v) is 7.62. The quantitative estimate of drug-likeness (QED) is 0.401. The first-order chi connectivity index (χ1) is 15.2. The van der Waals surface area contributed by atoms with Gasteiger partial charge in [-0.1, -0.05) is 31.2 Å². The Balaban J connectivity index is 2.51. The van der Waals surface area contributed by atoms with Gasteiger partial charge in [-0.3, -0.25) is 9.80 Å². The van der Waals surface area contributed by atoms with E-state index in [9.17, 15) is 35.9 Å². The molecule has 1 atom stereocenters. The van der Waals surface area contributed by atoms with Crippen molar-refractivity contribution in [2.75, 3.05) is 11.4 Å². The molecule has 3 amide bonds. The van der Waals surface area contributed by atoms with Gasteiger partial charge in [0.15, 0.2) is 0 Å². The van der Waals surface area contributed by atoms with Gasteiger partial charge in [0.25, 0.3) is 11.6 Å². The highest BCUT2D eigenvalue weighted by Crippen LogP contribution is 2.53. The maximum absolute atomic E-state index is 14.9. The predicted molar refractivity (Wildman–Crippen MR) is 111 cm³/mol. The standard InChI is InChI=1S/C22H25F6N3O2/c1-5-7-8-15(6-2)12-29-30-13-16-11-17(21(25,20(4,23)24)22(26,27)28)9-10-18(16)31(14(3)32)19(30)33/h6-11,29H,5,12-13H2,1-4H3/b8-7-,15-6+. The van der Waals surface area contributed by atoms with E-state index in [1.54, 1.807) is 19.1 Å². The third-order valence-corrected chi connectivity index (χ3v) is 5.19. The van der Waals surface area contributed by atoms with E-state index in [4.69, 9.17) is 0 Å². The van der Waals surface area contributed by atoms with Crippen molar-refractivity contribution in [3.8, 4) is 0 Å². The van der Waals surface area contributed by atoms with E-state index >= 15 is 0 Å². The highest BCUT2D eigenvalue weighted by molar-refractivity contribution is 6.14. The molecule has 5 nitrogen and oxygen atoms in total. The predicted octanol–water partition coefficient (Wildman–Crippen LogP) is 5.77. The van der Waals surface area contributed by atoms with E-state index in [1.807, 2.05) is 13.0 Å². The molecule has 1 aromatic carbocycles. The van der Waals surface area contributed by atoms with E-state index in [0.717, 1.165) is 30.0 Å². The number of benzene rings is 1. The molecule has 33 heavy (non-hydrogen) atoms. The van der Waals surface area contributed by atoms with Crippen molar-refractivity contribution in [2.24, 2.45) is 0 Å². The SMILES string of the molecule is C/C=C(\C=C/CC)CNN1Cc2cc(C(F)(C(C)(F)F)C(F)(F)F)ccc2N(C(C)=O)C1=O. The van der Waals surface area contributed by atoms with Gasteiger partial charge >= 0.3 is 12.2 Å². The van der Waals surface area contributed by atoms with E-state index in [0.29, 0.717) is 17.0 Å². The Morgan fingerprint density at radius 1 is 1.18 bits per heavy atom. The van der Waals surface area contributed by atoms with Crippen LogP contribution >= 0.6 is 0 Å². The Bertz CT molecular complexity index is 952. The van der Waals surface area contributed by atoms with E-state index < -0.39 is 35.3 Å². The zero-order chi connectivity index (χ0) is 25.2. The van der Waals surface area contributed by atoms with Crippen LogP contribution in [0.1, 0.15) is 45.2 Å². The maximum atomic E-state index is 14.9. The lowest BCUT2D eigenvalue weighted by atomic mass is 9.87. The third kappa shape index (κ3) is 5.07. The number of hydrazine groups is 1. The smallest absolute Gasteiger partial charge is 0.274 e. The number of rotatable bonds is 7. The largest absolute Gasteiger partial charge is 0.432 e. The number of halogens is 6. The monoisotopic (exact) mass is 477 g/mol.